The van der Waals surface area contributed by atoms with E-state index in [0.29, 0.717) is 23.3 Å². The number of hydrogen-bond acceptors (Lipinski definition) is 4. The lowest BCUT2D eigenvalue weighted by atomic mass is 10.2. The summed E-state index contributed by atoms with van der Waals surface area (Å²) in [5.74, 6) is -0.376. The first kappa shape index (κ1) is 8.74. The van der Waals surface area contributed by atoms with Crippen molar-refractivity contribution in [2.45, 2.75) is 6.92 Å². The fraction of sp³-hybridized carbons (Fsp3) is 0.200. The quantitative estimate of drug-likeness (QED) is 0.681. The standard InChI is InChI=1S/C10H9NO3/c1-2-13-10(12)8-6-14-9-7(8)4-3-5-11-9/h3-6H,2H2,1H3. The average Bonchev–Trinajstić information content (AvgIpc) is 2.61. The van der Waals surface area contributed by atoms with Gasteiger partial charge in [-0.3, -0.25) is 0 Å². The van der Waals surface area contributed by atoms with Crippen LogP contribution in [0.25, 0.3) is 11.1 Å². The molecule has 0 aliphatic carbocycles. The van der Waals surface area contributed by atoms with Crippen LogP contribution in [-0.4, -0.2) is 17.6 Å². The molecule has 2 aromatic rings. The highest BCUT2D eigenvalue weighted by Gasteiger charge is 2.14. The van der Waals surface area contributed by atoms with Crippen molar-refractivity contribution in [2.24, 2.45) is 0 Å². The Kier molecular flexibility index (Phi) is 2.18. The summed E-state index contributed by atoms with van der Waals surface area (Å²) >= 11 is 0. The minimum Gasteiger partial charge on any atom is -0.462 e. The summed E-state index contributed by atoms with van der Waals surface area (Å²) in [6.07, 6.45) is 2.98. The minimum absolute atomic E-state index is 0.353. The monoisotopic (exact) mass is 191 g/mol. The molecule has 0 spiro atoms. The molecule has 0 bridgehead atoms. The van der Waals surface area contributed by atoms with E-state index in [2.05, 4.69) is 4.98 Å². The second kappa shape index (κ2) is 3.49. The predicted octanol–water partition coefficient (Wildman–Crippen LogP) is 2.00. The van der Waals surface area contributed by atoms with Crippen LogP contribution in [-0.2, 0) is 4.74 Å². The van der Waals surface area contributed by atoms with Crippen LogP contribution in [0.3, 0.4) is 0 Å². The molecule has 0 radical (unpaired) electrons. The fourth-order valence-electron chi connectivity index (χ4n) is 1.23. The summed E-state index contributed by atoms with van der Waals surface area (Å²) in [5.41, 5.74) is 0.880. The van der Waals surface area contributed by atoms with E-state index in [9.17, 15) is 4.79 Å². The number of rotatable bonds is 2. The second-order valence-corrected chi connectivity index (χ2v) is 2.73. The summed E-state index contributed by atoms with van der Waals surface area (Å²) in [5, 5.41) is 0.686. The van der Waals surface area contributed by atoms with Gasteiger partial charge in [0.1, 0.15) is 11.8 Å². The van der Waals surface area contributed by atoms with Crippen molar-refractivity contribution in [3.63, 3.8) is 0 Å². The number of ether oxygens (including phenoxy) is 1. The van der Waals surface area contributed by atoms with Crippen molar-refractivity contribution >= 4 is 17.1 Å². The summed E-state index contributed by atoms with van der Waals surface area (Å²) in [4.78, 5) is 15.4. The summed E-state index contributed by atoms with van der Waals surface area (Å²) in [7, 11) is 0. The predicted molar refractivity (Wildman–Crippen MR) is 50.0 cm³/mol. The molecule has 0 fully saturated rings. The molecule has 0 aromatic carbocycles. The molecule has 2 aromatic heterocycles. The number of pyridine rings is 1. The Labute approximate surface area is 80.5 Å². The van der Waals surface area contributed by atoms with E-state index in [1.54, 1.807) is 25.3 Å². The molecule has 0 atom stereocenters. The lowest BCUT2D eigenvalue weighted by Crippen LogP contribution is -2.03. The van der Waals surface area contributed by atoms with Gasteiger partial charge in [-0.25, -0.2) is 9.78 Å². The number of esters is 1. The molecule has 0 saturated carbocycles. The Morgan fingerprint density at radius 2 is 2.50 bits per heavy atom. The van der Waals surface area contributed by atoms with E-state index >= 15 is 0 Å². The number of fused-ring (bicyclic) bond motifs is 1. The van der Waals surface area contributed by atoms with Gasteiger partial charge in [-0.15, -0.1) is 0 Å². The first-order chi connectivity index (χ1) is 6.83. The topological polar surface area (TPSA) is 52.3 Å². The zero-order valence-corrected chi connectivity index (χ0v) is 7.69. The Morgan fingerprint density at radius 3 is 3.29 bits per heavy atom. The first-order valence-corrected chi connectivity index (χ1v) is 4.32. The zero-order chi connectivity index (χ0) is 9.97. The molecule has 0 aliphatic heterocycles. The third kappa shape index (κ3) is 1.35. The maximum atomic E-state index is 11.4. The molecular formula is C10H9NO3. The Morgan fingerprint density at radius 1 is 1.64 bits per heavy atom. The van der Waals surface area contributed by atoms with Crippen LogP contribution < -0.4 is 0 Å². The highest BCUT2D eigenvalue weighted by molar-refractivity contribution is 6.02. The van der Waals surface area contributed by atoms with E-state index in [-0.39, 0.29) is 5.97 Å². The van der Waals surface area contributed by atoms with Crippen LogP contribution in [0.15, 0.2) is 29.0 Å². The van der Waals surface area contributed by atoms with Crippen molar-refractivity contribution in [3.8, 4) is 0 Å². The lowest BCUT2D eigenvalue weighted by molar-refractivity contribution is 0.0527. The molecule has 0 aliphatic rings. The van der Waals surface area contributed by atoms with Gasteiger partial charge in [0.15, 0.2) is 0 Å². The molecule has 2 heterocycles. The molecular weight excluding hydrogens is 182 g/mol. The molecule has 72 valence electrons. The van der Waals surface area contributed by atoms with Gasteiger partial charge in [0.2, 0.25) is 5.71 Å². The summed E-state index contributed by atoms with van der Waals surface area (Å²) in [6.45, 7) is 2.12. The Balaban J connectivity index is 2.47. The molecule has 14 heavy (non-hydrogen) atoms. The van der Waals surface area contributed by atoms with Crippen molar-refractivity contribution in [2.75, 3.05) is 6.61 Å². The molecule has 0 saturated heterocycles. The van der Waals surface area contributed by atoms with Crippen molar-refractivity contribution in [3.05, 3.63) is 30.2 Å². The van der Waals surface area contributed by atoms with Crippen molar-refractivity contribution in [1.29, 1.82) is 0 Å². The Bertz CT molecular complexity index is 461. The lowest BCUT2D eigenvalue weighted by Gasteiger charge is -1.97. The third-order valence-corrected chi connectivity index (χ3v) is 1.85. The Hall–Kier alpha value is -1.84. The molecule has 2 rings (SSSR count). The van der Waals surface area contributed by atoms with E-state index in [1.807, 2.05) is 0 Å². The number of furan rings is 1. The van der Waals surface area contributed by atoms with Gasteiger partial charge >= 0.3 is 5.97 Å². The highest BCUT2D eigenvalue weighted by atomic mass is 16.5. The van der Waals surface area contributed by atoms with Crippen molar-refractivity contribution < 1.29 is 13.9 Å². The molecule has 0 unspecified atom stereocenters. The SMILES string of the molecule is CCOC(=O)c1coc2ncccc12. The van der Waals surface area contributed by atoms with Crippen molar-refractivity contribution in [1.82, 2.24) is 4.98 Å². The molecule has 4 nitrogen and oxygen atoms in total. The van der Waals surface area contributed by atoms with Crippen LogP contribution in [0.5, 0.6) is 0 Å². The smallest absolute Gasteiger partial charge is 0.342 e. The summed E-state index contributed by atoms with van der Waals surface area (Å²) < 4.78 is 9.97. The van der Waals surface area contributed by atoms with Gasteiger partial charge in [0, 0.05) is 6.20 Å². The van der Waals surface area contributed by atoms with E-state index in [1.165, 1.54) is 6.26 Å². The van der Waals surface area contributed by atoms with E-state index < -0.39 is 0 Å². The van der Waals surface area contributed by atoms with Gasteiger partial charge in [-0.2, -0.15) is 0 Å². The number of hydrogen-bond donors (Lipinski definition) is 0. The zero-order valence-electron chi connectivity index (χ0n) is 7.69. The maximum absolute atomic E-state index is 11.4. The van der Waals surface area contributed by atoms with Crippen LogP contribution in [0.1, 0.15) is 17.3 Å². The van der Waals surface area contributed by atoms with E-state index in [4.69, 9.17) is 9.15 Å². The van der Waals surface area contributed by atoms with Gasteiger partial charge in [0.05, 0.1) is 12.0 Å². The third-order valence-electron chi connectivity index (χ3n) is 1.85. The van der Waals surface area contributed by atoms with Crippen LogP contribution in [0.4, 0.5) is 0 Å². The average molecular weight is 191 g/mol. The second-order valence-electron chi connectivity index (χ2n) is 2.73. The van der Waals surface area contributed by atoms with E-state index in [0.717, 1.165) is 0 Å². The van der Waals surface area contributed by atoms with Gasteiger partial charge < -0.3 is 9.15 Å². The van der Waals surface area contributed by atoms with Gasteiger partial charge in [0.25, 0.3) is 0 Å². The van der Waals surface area contributed by atoms with Gasteiger partial charge in [-0.1, -0.05) is 0 Å². The van der Waals surface area contributed by atoms with Crippen LogP contribution in [0.2, 0.25) is 0 Å². The number of aromatic nitrogens is 1. The molecule has 0 amide bonds. The first-order valence-electron chi connectivity index (χ1n) is 4.32. The summed E-state index contributed by atoms with van der Waals surface area (Å²) in [6, 6.07) is 3.53. The highest BCUT2D eigenvalue weighted by Crippen LogP contribution is 2.19. The normalized spacial score (nSPS) is 10.4. The number of nitrogens with zero attached hydrogens (tertiary/aromatic N) is 1. The number of carbonyl (C=O) groups excluding carboxylic acids is 1. The fourth-order valence-corrected chi connectivity index (χ4v) is 1.23. The molecule has 0 N–H and O–H groups in total. The minimum atomic E-state index is -0.376. The molecule has 4 heteroatoms. The maximum Gasteiger partial charge on any atom is 0.342 e. The largest absolute Gasteiger partial charge is 0.462 e. The van der Waals surface area contributed by atoms with Crippen LogP contribution >= 0.6 is 0 Å². The van der Waals surface area contributed by atoms with Gasteiger partial charge in [-0.05, 0) is 19.1 Å². The number of carbonyl (C=O) groups is 1. The van der Waals surface area contributed by atoms with Crippen LogP contribution in [0, 0.1) is 0 Å².